The van der Waals surface area contributed by atoms with Crippen LogP contribution >= 0.6 is 0 Å². The predicted octanol–water partition coefficient (Wildman–Crippen LogP) is 8.66. The van der Waals surface area contributed by atoms with Crippen LogP contribution in [0.4, 0.5) is 11.4 Å². The zero-order valence-corrected chi connectivity index (χ0v) is 23.2. The fourth-order valence-electron chi connectivity index (χ4n) is 4.62. The number of fused-ring (bicyclic) bond motifs is 2. The third-order valence-electron chi connectivity index (χ3n) is 5.92. The van der Waals surface area contributed by atoms with Gasteiger partial charge in [-0.1, -0.05) is 96.1 Å². The fourth-order valence-corrected chi connectivity index (χ4v) is 7.66. The Morgan fingerprint density at radius 1 is 0.686 bits per heavy atom. The highest BCUT2D eigenvalue weighted by Gasteiger charge is 2.33. The van der Waals surface area contributed by atoms with E-state index in [1.165, 1.54) is 0 Å². The summed E-state index contributed by atoms with van der Waals surface area (Å²) in [6, 6.07) is 29.1. The number of nitrogens with zero attached hydrogens (tertiary/aromatic N) is 1. The average molecular weight is 485 g/mol. The van der Waals surface area contributed by atoms with E-state index in [9.17, 15) is 0 Å². The Bertz CT molecular complexity index is 1120. The third kappa shape index (κ3) is 6.18. The van der Waals surface area contributed by atoms with Gasteiger partial charge < -0.3 is 14.1 Å². The van der Waals surface area contributed by atoms with Gasteiger partial charge in [-0.2, -0.15) is 0 Å². The van der Waals surface area contributed by atoms with Crippen molar-refractivity contribution in [2.24, 2.45) is 10.8 Å². The molecule has 1 aliphatic rings. The number of rotatable bonds is 6. The maximum atomic E-state index is 7.04. The predicted molar refractivity (Wildman–Crippen MR) is 149 cm³/mol. The first-order valence-corrected chi connectivity index (χ1v) is 14.3. The van der Waals surface area contributed by atoms with Gasteiger partial charge in [0.15, 0.2) is 0 Å². The molecule has 0 fully saturated rings. The first-order chi connectivity index (χ1) is 16.5. The first kappa shape index (κ1) is 25.1. The lowest BCUT2D eigenvalue weighted by molar-refractivity contribution is 0.219. The normalized spacial score (nSPS) is 13.4. The minimum atomic E-state index is -1.24. The molecule has 1 aliphatic heterocycles. The summed E-state index contributed by atoms with van der Waals surface area (Å²) in [5.74, 6) is 1.41. The van der Waals surface area contributed by atoms with Crippen molar-refractivity contribution in [1.29, 1.82) is 0 Å². The molecule has 0 atom stereocenters. The molecule has 3 aromatic carbocycles. The molecule has 3 aromatic rings. The van der Waals surface area contributed by atoms with Crippen molar-refractivity contribution in [2.45, 2.75) is 53.6 Å². The van der Waals surface area contributed by atoms with E-state index < -0.39 is 9.04 Å². The highest BCUT2D eigenvalue weighted by molar-refractivity contribution is 6.52. The number of anilines is 2. The second-order valence-corrected chi connectivity index (χ2v) is 13.8. The summed E-state index contributed by atoms with van der Waals surface area (Å²) in [7, 11) is 0.888. The summed E-state index contributed by atoms with van der Waals surface area (Å²) >= 11 is 0. The molecule has 35 heavy (non-hydrogen) atoms. The highest BCUT2D eigenvalue weighted by Crippen LogP contribution is 2.46. The van der Waals surface area contributed by atoms with Crippen LogP contribution < -0.4 is 9.64 Å². The van der Waals surface area contributed by atoms with E-state index in [1.54, 1.807) is 0 Å². The molecule has 0 saturated heterocycles. The van der Waals surface area contributed by atoms with E-state index in [0.717, 1.165) is 45.9 Å². The summed E-state index contributed by atoms with van der Waals surface area (Å²) < 4.78 is 13.7. The zero-order chi connectivity index (χ0) is 25.2. The van der Waals surface area contributed by atoms with Crippen LogP contribution in [0, 0.1) is 10.8 Å². The van der Waals surface area contributed by atoms with Gasteiger partial charge in [0.1, 0.15) is 5.75 Å². The Kier molecular flexibility index (Phi) is 7.14. The minimum Gasteiger partial charge on any atom is -0.517 e. The van der Waals surface area contributed by atoms with E-state index in [-0.39, 0.29) is 10.8 Å². The molecule has 0 bridgehead atoms. The van der Waals surface area contributed by atoms with Gasteiger partial charge in [0.25, 0.3) is 15.0 Å². The molecule has 1 heterocycles. The van der Waals surface area contributed by atoms with Gasteiger partial charge in [0.2, 0.25) is 0 Å². The Labute approximate surface area is 213 Å². The van der Waals surface area contributed by atoms with E-state index in [2.05, 4.69) is 102 Å². The minimum absolute atomic E-state index is 0.171. The van der Waals surface area contributed by atoms with Crippen LogP contribution in [0.5, 0.6) is 5.75 Å². The Morgan fingerprint density at radius 3 is 1.63 bits per heavy atom. The van der Waals surface area contributed by atoms with Crippen molar-refractivity contribution >= 4 is 26.0 Å². The average Bonchev–Trinajstić information content (AvgIpc) is 2.78. The van der Waals surface area contributed by atoms with Crippen LogP contribution in [0.2, 0.25) is 12.1 Å². The van der Waals surface area contributed by atoms with Gasteiger partial charge in [0, 0.05) is 29.5 Å². The Morgan fingerprint density at radius 2 is 1.14 bits per heavy atom. The fraction of sp³-hybridized carbons (Fsp3) is 0.355. The van der Waals surface area contributed by atoms with Gasteiger partial charge in [-0.05, 0) is 47.2 Å². The van der Waals surface area contributed by atoms with Crippen LogP contribution in [-0.2, 0) is 4.43 Å². The van der Waals surface area contributed by atoms with Crippen molar-refractivity contribution in [3.05, 3.63) is 95.9 Å². The van der Waals surface area contributed by atoms with Gasteiger partial charge in [0.05, 0.1) is 5.57 Å². The molecule has 4 heteroatoms. The molecule has 3 nitrogen and oxygen atoms in total. The molecule has 0 aromatic heterocycles. The van der Waals surface area contributed by atoms with Crippen LogP contribution in [0.1, 0.15) is 52.7 Å². The summed E-state index contributed by atoms with van der Waals surface area (Å²) in [5.41, 5.74) is 5.94. The van der Waals surface area contributed by atoms with Gasteiger partial charge in [-0.15, -0.1) is 0 Å². The van der Waals surface area contributed by atoms with Crippen LogP contribution in [0.3, 0.4) is 0 Å². The molecule has 1 radical (unpaired) electrons. The van der Waals surface area contributed by atoms with Crippen molar-refractivity contribution < 1.29 is 9.16 Å². The molecule has 0 spiro atoms. The molecular formula is C31H38NO2Si. The zero-order valence-electron chi connectivity index (χ0n) is 22.2. The van der Waals surface area contributed by atoms with Gasteiger partial charge >= 0.3 is 0 Å². The summed E-state index contributed by atoms with van der Waals surface area (Å²) in [4.78, 5) is 2.25. The van der Waals surface area contributed by atoms with E-state index in [4.69, 9.17) is 9.16 Å². The van der Waals surface area contributed by atoms with Crippen molar-refractivity contribution in [1.82, 2.24) is 0 Å². The van der Waals surface area contributed by atoms with Crippen molar-refractivity contribution in [3.63, 3.8) is 0 Å². The summed E-state index contributed by atoms with van der Waals surface area (Å²) in [6.07, 6.45) is 0. The quantitative estimate of drug-likeness (QED) is 0.258. The Hall–Kier alpha value is -2.98. The maximum Gasteiger partial charge on any atom is 0.286 e. The monoisotopic (exact) mass is 484 g/mol. The smallest absolute Gasteiger partial charge is 0.286 e. The lowest BCUT2D eigenvalue weighted by Crippen LogP contribution is -2.30. The molecule has 0 N–H and O–H groups in total. The van der Waals surface area contributed by atoms with Crippen LogP contribution in [0.15, 0.2) is 84.8 Å². The van der Waals surface area contributed by atoms with Gasteiger partial charge in [-0.25, -0.2) is 0 Å². The molecule has 4 rings (SSSR count). The number of benzene rings is 3. The number of hydrogen-bond donors (Lipinski definition) is 0. The second kappa shape index (κ2) is 9.94. The van der Waals surface area contributed by atoms with Crippen LogP contribution in [-0.4, -0.2) is 16.1 Å². The lowest BCUT2D eigenvalue weighted by Gasteiger charge is -2.34. The summed E-state index contributed by atoms with van der Waals surface area (Å²) in [6.45, 7) is 13.8. The standard InChI is InChI=1S/C31H38NO2Si/c1-30(2,3)21-35(22-31(4,5)6)34-29(33-23-15-9-8-10-16-23)28-24-17-11-13-19-26(24)32(7)27-20-14-12-18-25(27)28/h8-20H,21-22H2,1-7H3. The van der Waals surface area contributed by atoms with Gasteiger partial charge in [-0.3, -0.25) is 0 Å². The SMILES string of the molecule is CN1c2ccccc2C(=C(Oc2ccccc2)O[Si](CC(C)(C)C)CC(C)(C)C)c2ccccc21. The van der Waals surface area contributed by atoms with E-state index >= 15 is 0 Å². The van der Waals surface area contributed by atoms with E-state index in [0.29, 0.717) is 5.95 Å². The van der Waals surface area contributed by atoms with Crippen molar-refractivity contribution in [2.75, 3.05) is 11.9 Å². The maximum absolute atomic E-state index is 7.04. The lowest BCUT2D eigenvalue weighted by atomic mass is 9.91. The summed E-state index contributed by atoms with van der Waals surface area (Å²) in [5, 5.41) is 0. The number of ether oxygens (including phenoxy) is 1. The van der Waals surface area contributed by atoms with Crippen LogP contribution in [0.25, 0.3) is 5.57 Å². The molecule has 0 amide bonds. The first-order valence-electron chi connectivity index (χ1n) is 12.4. The molecule has 183 valence electrons. The molecule has 0 saturated carbocycles. The topological polar surface area (TPSA) is 21.7 Å². The van der Waals surface area contributed by atoms with Crippen molar-refractivity contribution in [3.8, 4) is 5.75 Å². The molecule has 0 aliphatic carbocycles. The molecular weight excluding hydrogens is 446 g/mol. The largest absolute Gasteiger partial charge is 0.517 e. The highest BCUT2D eigenvalue weighted by atomic mass is 28.3. The second-order valence-electron chi connectivity index (χ2n) is 11.8. The Balaban J connectivity index is 1.91. The third-order valence-corrected chi connectivity index (χ3v) is 9.30. The number of para-hydroxylation sites is 3. The van der Waals surface area contributed by atoms with E-state index in [1.807, 2.05) is 30.3 Å². The molecule has 0 unspecified atom stereocenters. The number of hydrogen-bond acceptors (Lipinski definition) is 3.